The Morgan fingerprint density at radius 2 is 1.89 bits per heavy atom. The highest BCUT2D eigenvalue weighted by Crippen LogP contribution is 2.38. The maximum Gasteiger partial charge on any atom is 0.339 e. The lowest BCUT2D eigenvalue weighted by atomic mass is 10.1. The van der Waals surface area contributed by atoms with Crippen molar-refractivity contribution in [1.29, 1.82) is 0 Å². The predicted molar refractivity (Wildman–Crippen MR) is 108 cm³/mol. The number of hydrogen-bond acceptors (Lipinski definition) is 7. The van der Waals surface area contributed by atoms with E-state index < -0.39 is 5.97 Å². The van der Waals surface area contributed by atoms with Gasteiger partial charge in [-0.3, -0.25) is 9.69 Å². The first-order chi connectivity index (χ1) is 13.4. The highest BCUT2D eigenvalue weighted by molar-refractivity contribution is 8.27. The van der Waals surface area contributed by atoms with Crippen LogP contribution in [0.1, 0.15) is 15.9 Å². The molecule has 1 fully saturated rings. The van der Waals surface area contributed by atoms with Crippen LogP contribution in [0.2, 0.25) is 0 Å². The molecule has 4 rings (SSSR count). The Morgan fingerprint density at radius 1 is 1.14 bits per heavy atom. The van der Waals surface area contributed by atoms with Crippen LogP contribution in [0, 0.1) is 0 Å². The number of anilines is 1. The molecular weight excluding hydrogens is 402 g/mol. The topological polar surface area (TPSA) is 96.3 Å². The number of phenols is 1. The Labute approximate surface area is 169 Å². The van der Waals surface area contributed by atoms with Gasteiger partial charge in [-0.15, -0.1) is 0 Å². The number of aromatic carboxylic acids is 1. The standard InChI is InChI=1S/C19H13NO6S2/c21-13-3-2-11(9-12(13)18(23)24)20-17(22)16(28-19(20)27)8-10-1-4-14-15(7-10)26-6-5-25-14/h1-4,7-9,21H,5-6H2,(H,23,24)/b16-8-. The summed E-state index contributed by atoms with van der Waals surface area (Å²) in [6.07, 6.45) is 1.69. The van der Waals surface area contributed by atoms with Crippen LogP contribution in [0.3, 0.4) is 0 Å². The number of hydrogen-bond donors (Lipinski definition) is 2. The summed E-state index contributed by atoms with van der Waals surface area (Å²) >= 11 is 6.42. The molecule has 0 unspecified atom stereocenters. The van der Waals surface area contributed by atoms with E-state index >= 15 is 0 Å². The van der Waals surface area contributed by atoms with Crippen LogP contribution in [0.5, 0.6) is 17.2 Å². The second-order valence-electron chi connectivity index (χ2n) is 5.93. The molecule has 2 aromatic carbocycles. The highest BCUT2D eigenvalue weighted by atomic mass is 32.2. The summed E-state index contributed by atoms with van der Waals surface area (Å²) in [5.41, 5.74) is 0.729. The lowest BCUT2D eigenvalue weighted by Gasteiger charge is -2.18. The van der Waals surface area contributed by atoms with E-state index in [0.717, 1.165) is 17.3 Å². The van der Waals surface area contributed by atoms with E-state index in [0.29, 0.717) is 29.6 Å². The zero-order valence-corrected chi connectivity index (χ0v) is 15.9. The molecular formula is C19H13NO6S2. The molecule has 0 atom stereocenters. The molecule has 2 aliphatic rings. The minimum atomic E-state index is -1.29. The van der Waals surface area contributed by atoms with Crippen LogP contribution in [0.15, 0.2) is 41.3 Å². The van der Waals surface area contributed by atoms with Gasteiger partial charge in [0.25, 0.3) is 5.91 Å². The Kier molecular flexibility index (Phi) is 4.70. The summed E-state index contributed by atoms with van der Waals surface area (Å²) in [5, 5.41) is 18.8. The first-order valence-corrected chi connectivity index (χ1v) is 9.40. The fourth-order valence-corrected chi connectivity index (χ4v) is 4.12. The minimum absolute atomic E-state index is 0.274. The fourth-order valence-electron chi connectivity index (χ4n) is 2.83. The molecule has 0 radical (unpaired) electrons. The van der Waals surface area contributed by atoms with Crippen molar-refractivity contribution in [2.24, 2.45) is 0 Å². The quantitative estimate of drug-likeness (QED) is 0.583. The maximum atomic E-state index is 12.9. The number of rotatable bonds is 3. The molecule has 0 spiro atoms. The molecule has 0 aliphatic carbocycles. The lowest BCUT2D eigenvalue weighted by molar-refractivity contribution is -0.113. The molecule has 1 saturated heterocycles. The number of carbonyl (C=O) groups is 2. The first-order valence-electron chi connectivity index (χ1n) is 8.18. The van der Waals surface area contributed by atoms with Gasteiger partial charge in [0.05, 0.1) is 10.6 Å². The van der Waals surface area contributed by atoms with E-state index in [-0.39, 0.29) is 27.2 Å². The van der Waals surface area contributed by atoms with Crippen LogP contribution in [0.25, 0.3) is 6.08 Å². The number of carbonyl (C=O) groups excluding carboxylic acids is 1. The van der Waals surface area contributed by atoms with Gasteiger partial charge in [0, 0.05) is 0 Å². The molecule has 0 saturated carbocycles. The predicted octanol–water partition coefficient (Wildman–Crippen LogP) is 3.27. The van der Waals surface area contributed by atoms with E-state index in [1.54, 1.807) is 18.2 Å². The van der Waals surface area contributed by atoms with Gasteiger partial charge in [-0.1, -0.05) is 30.0 Å². The van der Waals surface area contributed by atoms with Crippen LogP contribution < -0.4 is 14.4 Å². The number of carboxylic acid groups (broad SMARTS) is 1. The van der Waals surface area contributed by atoms with Crippen LogP contribution in [-0.2, 0) is 4.79 Å². The molecule has 9 heteroatoms. The molecule has 0 bridgehead atoms. The molecule has 1 amide bonds. The van der Waals surface area contributed by atoms with Crippen LogP contribution in [0.4, 0.5) is 5.69 Å². The number of thiocarbonyl (C=S) groups is 1. The second kappa shape index (κ2) is 7.17. The van der Waals surface area contributed by atoms with Gasteiger partial charge in [0.15, 0.2) is 15.8 Å². The van der Waals surface area contributed by atoms with E-state index in [1.807, 2.05) is 6.07 Å². The molecule has 0 aromatic heterocycles. The molecule has 2 aromatic rings. The number of carboxylic acids is 1. The third-order valence-corrected chi connectivity index (χ3v) is 5.43. The molecule has 142 valence electrons. The van der Waals surface area contributed by atoms with Crippen molar-refractivity contribution in [2.75, 3.05) is 18.1 Å². The van der Waals surface area contributed by atoms with Gasteiger partial charge in [-0.2, -0.15) is 0 Å². The molecule has 2 heterocycles. The van der Waals surface area contributed by atoms with E-state index in [4.69, 9.17) is 21.7 Å². The van der Waals surface area contributed by atoms with Crippen LogP contribution >= 0.6 is 24.0 Å². The first kappa shape index (κ1) is 18.3. The summed E-state index contributed by atoms with van der Waals surface area (Å²) in [6.45, 7) is 0.960. The lowest BCUT2D eigenvalue weighted by Crippen LogP contribution is -2.27. The molecule has 28 heavy (non-hydrogen) atoms. The summed E-state index contributed by atoms with van der Waals surface area (Å²) in [5.74, 6) is -0.779. The summed E-state index contributed by atoms with van der Waals surface area (Å²) in [6, 6.07) is 9.25. The monoisotopic (exact) mass is 415 g/mol. The van der Waals surface area contributed by atoms with Crippen LogP contribution in [-0.4, -0.2) is 39.6 Å². The molecule has 2 aliphatic heterocycles. The number of benzene rings is 2. The third-order valence-electron chi connectivity index (χ3n) is 4.13. The van der Waals surface area contributed by atoms with Gasteiger partial charge < -0.3 is 19.7 Å². The normalized spacial score (nSPS) is 17.3. The van der Waals surface area contributed by atoms with Gasteiger partial charge >= 0.3 is 5.97 Å². The van der Waals surface area contributed by atoms with E-state index in [2.05, 4.69) is 0 Å². The SMILES string of the molecule is O=C(O)c1cc(N2C(=O)/C(=C/c3ccc4c(c3)OCCO4)SC2=S)ccc1O. The number of thioether (sulfide) groups is 1. The number of amides is 1. The Bertz CT molecular complexity index is 1050. The number of nitrogens with zero attached hydrogens (tertiary/aromatic N) is 1. The fraction of sp³-hybridized carbons (Fsp3) is 0.105. The molecule has 7 nitrogen and oxygen atoms in total. The van der Waals surface area contributed by atoms with Crippen molar-refractivity contribution in [3.63, 3.8) is 0 Å². The van der Waals surface area contributed by atoms with Gasteiger partial charge in [0.2, 0.25) is 0 Å². The van der Waals surface area contributed by atoms with E-state index in [1.165, 1.54) is 23.1 Å². The van der Waals surface area contributed by atoms with Crippen molar-refractivity contribution in [3.05, 3.63) is 52.4 Å². The zero-order chi connectivity index (χ0) is 19.8. The number of ether oxygens (including phenoxy) is 2. The van der Waals surface area contributed by atoms with Crippen molar-refractivity contribution in [3.8, 4) is 17.2 Å². The Balaban J connectivity index is 1.65. The van der Waals surface area contributed by atoms with Crippen molar-refractivity contribution in [1.82, 2.24) is 0 Å². The summed E-state index contributed by atoms with van der Waals surface area (Å²) in [7, 11) is 0. The smallest absolute Gasteiger partial charge is 0.339 e. The largest absolute Gasteiger partial charge is 0.507 e. The zero-order valence-electron chi connectivity index (χ0n) is 14.2. The Hall–Kier alpha value is -3.04. The van der Waals surface area contributed by atoms with Gasteiger partial charge in [-0.05, 0) is 42.0 Å². The third kappa shape index (κ3) is 3.30. The highest BCUT2D eigenvalue weighted by Gasteiger charge is 2.34. The van der Waals surface area contributed by atoms with E-state index in [9.17, 15) is 19.8 Å². The van der Waals surface area contributed by atoms with Crippen molar-refractivity contribution in [2.45, 2.75) is 0 Å². The Morgan fingerprint density at radius 3 is 2.64 bits per heavy atom. The summed E-state index contributed by atoms with van der Waals surface area (Å²) in [4.78, 5) is 25.7. The van der Waals surface area contributed by atoms with Crippen molar-refractivity contribution >= 4 is 51.9 Å². The van der Waals surface area contributed by atoms with Gasteiger partial charge in [0.1, 0.15) is 24.5 Å². The average molecular weight is 415 g/mol. The average Bonchev–Trinajstić information content (AvgIpc) is 2.95. The summed E-state index contributed by atoms with van der Waals surface area (Å²) < 4.78 is 11.3. The second-order valence-corrected chi connectivity index (χ2v) is 7.60. The van der Waals surface area contributed by atoms with Crippen molar-refractivity contribution < 1.29 is 29.3 Å². The number of fused-ring (bicyclic) bond motifs is 1. The number of aromatic hydroxyl groups is 1. The van der Waals surface area contributed by atoms with Gasteiger partial charge in [-0.25, -0.2) is 4.79 Å². The maximum absolute atomic E-state index is 12.9. The minimum Gasteiger partial charge on any atom is -0.507 e. The molecule has 2 N–H and O–H groups in total.